The van der Waals surface area contributed by atoms with E-state index in [9.17, 15) is 15.2 Å². The molecule has 6 nitrogen and oxygen atoms in total. The van der Waals surface area contributed by atoms with Gasteiger partial charge in [-0.15, -0.1) is 11.3 Å². The van der Waals surface area contributed by atoms with Crippen LogP contribution in [0.5, 0.6) is 0 Å². The third kappa shape index (κ3) is 3.11. The van der Waals surface area contributed by atoms with Crippen molar-refractivity contribution in [3.63, 3.8) is 0 Å². The number of hydrogen-bond acceptors (Lipinski definition) is 6. The van der Waals surface area contributed by atoms with Gasteiger partial charge in [-0.3, -0.25) is 10.1 Å². The molecular formula is C13H20N2O4S. The van der Waals surface area contributed by atoms with Crippen molar-refractivity contribution in [1.29, 1.82) is 0 Å². The summed E-state index contributed by atoms with van der Waals surface area (Å²) in [6, 6.07) is 1.73. The molecule has 1 aliphatic heterocycles. The van der Waals surface area contributed by atoms with Gasteiger partial charge in [0.15, 0.2) is 5.00 Å². The minimum absolute atomic E-state index is 0.0850. The second kappa shape index (κ2) is 6.51. The predicted octanol–water partition coefficient (Wildman–Crippen LogP) is 2.45. The van der Waals surface area contributed by atoms with Crippen molar-refractivity contribution in [2.24, 2.45) is 0 Å². The minimum atomic E-state index is -0.689. The Labute approximate surface area is 121 Å². The molecule has 20 heavy (non-hydrogen) atoms. The van der Waals surface area contributed by atoms with Gasteiger partial charge in [0.2, 0.25) is 0 Å². The summed E-state index contributed by atoms with van der Waals surface area (Å²) in [5, 5.41) is 30.4. The van der Waals surface area contributed by atoms with E-state index in [1.807, 2.05) is 0 Å². The highest BCUT2D eigenvalue weighted by Gasteiger charge is 2.32. The molecule has 1 aromatic heterocycles. The molecule has 112 valence electrons. The number of aliphatic hydroxyl groups is 2. The van der Waals surface area contributed by atoms with E-state index in [1.54, 1.807) is 6.92 Å². The van der Waals surface area contributed by atoms with Gasteiger partial charge < -0.3 is 15.1 Å². The first-order chi connectivity index (χ1) is 9.54. The maximum atomic E-state index is 11.2. The van der Waals surface area contributed by atoms with Gasteiger partial charge in [0.05, 0.1) is 11.0 Å². The largest absolute Gasteiger partial charge is 0.396 e. The van der Waals surface area contributed by atoms with Crippen LogP contribution >= 0.6 is 11.3 Å². The summed E-state index contributed by atoms with van der Waals surface area (Å²) in [6.07, 6.45) is 2.87. The number of rotatable bonds is 6. The summed E-state index contributed by atoms with van der Waals surface area (Å²) >= 11 is 1.30. The Balaban J connectivity index is 2.27. The van der Waals surface area contributed by atoms with Gasteiger partial charge in [-0.1, -0.05) is 0 Å². The van der Waals surface area contributed by atoms with E-state index >= 15 is 0 Å². The quantitative estimate of drug-likeness (QED) is 0.622. The van der Waals surface area contributed by atoms with E-state index in [1.165, 1.54) is 17.4 Å². The van der Waals surface area contributed by atoms with Crippen LogP contribution in [0.1, 0.15) is 43.6 Å². The van der Waals surface area contributed by atoms with Gasteiger partial charge in [-0.2, -0.15) is 0 Å². The highest BCUT2D eigenvalue weighted by molar-refractivity contribution is 7.16. The molecule has 2 N–H and O–H groups in total. The maximum Gasteiger partial charge on any atom is 0.304 e. The van der Waals surface area contributed by atoms with Crippen molar-refractivity contribution in [3.05, 3.63) is 21.1 Å². The fourth-order valence-electron chi connectivity index (χ4n) is 2.66. The topological polar surface area (TPSA) is 86.8 Å². The summed E-state index contributed by atoms with van der Waals surface area (Å²) in [7, 11) is 0. The van der Waals surface area contributed by atoms with Gasteiger partial charge >= 0.3 is 5.69 Å². The van der Waals surface area contributed by atoms with Crippen LogP contribution < -0.4 is 4.90 Å². The van der Waals surface area contributed by atoms with Crippen LogP contribution in [0.3, 0.4) is 0 Å². The molecule has 0 amide bonds. The molecule has 0 bridgehead atoms. The molecule has 1 aliphatic rings. The Morgan fingerprint density at radius 1 is 1.65 bits per heavy atom. The zero-order valence-electron chi connectivity index (χ0n) is 11.5. The Morgan fingerprint density at radius 3 is 3.00 bits per heavy atom. The number of thiophene rings is 1. The van der Waals surface area contributed by atoms with Gasteiger partial charge in [0.1, 0.15) is 0 Å². The molecule has 2 atom stereocenters. The standard InChI is InChI=1S/C13H20N2O4S/c1-9(17)12-8-11(15(18)19)13(20-12)14-6-2-4-10(14)5-3-7-16/h8-10,16-17H,2-7H2,1H3/t9-,10?/m0/s1. The molecule has 1 saturated heterocycles. The Hall–Kier alpha value is -1.18. The first-order valence-electron chi connectivity index (χ1n) is 6.88. The van der Waals surface area contributed by atoms with Crippen molar-refractivity contribution in [3.8, 4) is 0 Å². The van der Waals surface area contributed by atoms with E-state index in [-0.39, 0.29) is 23.3 Å². The van der Waals surface area contributed by atoms with Crippen LogP contribution in [0.15, 0.2) is 6.07 Å². The summed E-state index contributed by atoms with van der Waals surface area (Å²) < 4.78 is 0. The van der Waals surface area contributed by atoms with Crippen molar-refractivity contribution >= 4 is 22.0 Å². The third-order valence-corrected chi connectivity index (χ3v) is 4.99. The van der Waals surface area contributed by atoms with Crippen LogP contribution in [0, 0.1) is 10.1 Å². The van der Waals surface area contributed by atoms with Crippen molar-refractivity contribution in [1.82, 2.24) is 0 Å². The van der Waals surface area contributed by atoms with Crippen LogP contribution in [0.25, 0.3) is 0 Å². The molecule has 2 rings (SSSR count). The molecule has 1 aromatic rings. The summed E-state index contributed by atoms with van der Waals surface area (Å²) in [5.41, 5.74) is 0.0850. The molecular weight excluding hydrogens is 280 g/mol. The smallest absolute Gasteiger partial charge is 0.304 e. The molecule has 0 aliphatic carbocycles. The highest BCUT2D eigenvalue weighted by atomic mass is 32.1. The average molecular weight is 300 g/mol. The Morgan fingerprint density at radius 2 is 2.40 bits per heavy atom. The van der Waals surface area contributed by atoms with Crippen LogP contribution in [0.2, 0.25) is 0 Å². The van der Waals surface area contributed by atoms with Gasteiger partial charge in [-0.05, 0) is 32.6 Å². The van der Waals surface area contributed by atoms with Crippen LogP contribution in [0.4, 0.5) is 10.7 Å². The van der Waals surface area contributed by atoms with Gasteiger partial charge in [0.25, 0.3) is 0 Å². The molecule has 7 heteroatoms. The lowest BCUT2D eigenvalue weighted by Gasteiger charge is -2.24. The summed E-state index contributed by atoms with van der Waals surface area (Å²) in [4.78, 5) is 13.5. The van der Waals surface area contributed by atoms with Crippen LogP contribution in [-0.2, 0) is 0 Å². The first-order valence-corrected chi connectivity index (χ1v) is 7.70. The first kappa shape index (κ1) is 15.2. The van der Waals surface area contributed by atoms with E-state index in [2.05, 4.69) is 4.90 Å². The zero-order chi connectivity index (χ0) is 14.7. The summed E-state index contributed by atoms with van der Waals surface area (Å²) in [6.45, 7) is 2.57. The molecule has 1 fully saturated rings. The van der Waals surface area contributed by atoms with E-state index in [0.717, 1.165) is 25.8 Å². The second-order valence-electron chi connectivity index (χ2n) is 5.13. The number of aliphatic hydroxyl groups excluding tert-OH is 2. The molecule has 0 saturated carbocycles. The van der Waals surface area contributed by atoms with Crippen molar-refractivity contribution in [2.45, 2.75) is 44.8 Å². The minimum Gasteiger partial charge on any atom is -0.396 e. The van der Waals surface area contributed by atoms with Crippen LogP contribution in [-0.4, -0.2) is 34.3 Å². The number of nitro groups is 1. The van der Waals surface area contributed by atoms with E-state index in [0.29, 0.717) is 16.3 Å². The van der Waals surface area contributed by atoms with Crippen molar-refractivity contribution < 1.29 is 15.1 Å². The lowest BCUT2D eigenvalue weighted by Crippen LogP contribution is -2.29. The zero-order valence-corrected chi connectivity index (χ0v) is 12.3. The molecule has 0 aromatic carbocycles. The monoisotopic (exact) mass is 300 g/mol. The Kier molecular flexibility index (Phi) is 4.95. The average Bonchev–Trinajstić information content (AvgIpc) is 3.02. The van der Waals surface area contributed by atoms with Gasteiger partial charge in [0, 0.05) is 30.1 Å². The number of anilines is 1. The lowest BCUT2D eigenvalue weighted by molar-refractivity contribution is -0.383. The fourth-order valence-corrected chi connectivity index (χ4v) is 3.82. The second-order valence-corrected chi connectivity index (χ2v) is 6.19. The predicted molar refractivity (Wildman–Crippen MR) is 78.3 cm³/mol. The SMILES string of the molecule is C[C@H](O)c1cc([N+](=O)[O-])c(N2CCCC2CCCO)s1. The highest BCUT2D eigenvalue weighted by Crippen LogP contribution is 2.43. The fraction of sp³-hybridized carbons (Fsp3) is 0.692. The number of nitrogens with zero attached hydrogens (tertiary/aromatic N) is 2. The van der Waals surface area contributed by atoms with E-state index < -0.39 is 6.10 Å². The third-order valence-electron chi connectivity index (χ3n) is 3.65. The maximum absolute atomic E-state index is 11.2. The Bertz CT molecular complexity index is 475. The number of hydrogen-bond donors (Lipinski definition) is 2. The molecule has 2 heterocycles. The van der Waals surface area contributed by atoms with Gasteiger partial charge in [-0.25, -0.2) is 0 Å². The molecule has 0 radical (unpaired) electrons. The normalized spacial score (nSPS) is 20.4. The molecule has 0 spiro atoms. The molecule has 1 unspecified atom stereocenters. The van der Waals surface area contributed by atoms with Crippen molar-refractivity contribution in [2.75, 3.05) is 18.1 Å². The summed E-state index contributed by atoms with van der Waals surface area (Å²) in [5.74, 6) is 0. The lowest BCUT2D eigenvalue weighted by atomic mass is 10.1. The van der Waals surface area contributed by atoms with E-state index in [4.69, 9.17) is 5.11 Å².